The molecule has 0 radical (unpaired) electrons. The summed E-state index contributed by atoms with van der Waals surface area (Å²) in [5, 5.41) is 0. The molecule has 0 aliphatic rings. The van der Waals surface area contributed by atoms with Gasteiger partial charge in [-0.1, -0.05) is 26.2 Å². The van der Waals surface area contributed by atoms with Gasteiger partial charge < -0.3 is 61.6 Å². The minimum absolute atomic E-state index is 0.156. The second-order valence-corrected chi connectivity index (χ2v) is 11.3. The van der Waals surface area contributed by atoms with Crippen LogP contribution in [0.5, 0.6) is 5.75 Å². The number of hydrogen-bond acceptors (Lipinski definition) is 15. The fraction of sp³-hybridized carbons (Fsp3) is 0.789. The highest BCUT2D eigenvalue weighted by atomic mass is 16.6. The van der Waals surface area contributed by atoms with E-state index in [0.29, 0.717) is 170 Å². The zero-order chi connectivity index (χ0) is 38.0. The standard InChI is InChI=1S/C38H66O15/c1-2-3-4-5-6-38(40)53-34-32-51-30-28-49-26-24-47-22-20-45-18-16-43-14-12-41-11-13-42-15-17-44-19-21-46-23-25-48-27-29-50-31-33-52-37-9-7-36(35-39)8-10-37/h7-10,35H,2-6,11-34H2,1H3. The van der Waals surface area contributed by atoms with Gasteiger partial charge in [0.05, 0.1) is 145 Å². The van der Waals surface area contributed by atoms with Gasteiger partial charge in [0.1, 0.15) is 25.2 Å². The fourth-order valence-electron chi connectivity index (χ4n) is 4.14. The number of carbonyl (C=O) groups is 2. The summed E-state index contributed by atoms with van der Waals surface area (Å²) in [7, 11) is 0. The van der Waals surface area contributed by atoms with Gasteiger partial charge in [0, 0.05) is 12.0 Å². The smallest absolute Gasteiger partial charge is 0.305 e. The molecule has 0 saturated carbocycles. The van der Waals surface area contributed by atoms with Gasteiger partial charge in [-0.3, -0.25) is 9.59 Å². The van der Waals surface area contributed by atoms with Crippen molar-refractivity contribution in [3.05, 3.63) is 29.8 Å². The molecule has 1 aromatic carbocycles. The maximum Gasteiger partial charge on any atom is 0.305 e. The van der Waals surface area contributed by atoms with Crippen LogP contribution in [0.3, 0.4) is 0 Å². The van der Waals surface area contributed by atoms with Crippen LogP contribution < -0.4 is 4.74 Å². The summed E-state index contributed by atoms with van der Waals surface area (Å²) in [6, 6.07) is 6.93. The molecule has 15 heteroatoms. The summed E-state index contributed by atoms with van der Waals surface area (Å²) >= 11 is 0. The molecule has 0 heterocycles. The molecule has 0 saturated heterocycles. The molecule has 0 atom stereocenters. The second kappa shape index (κ2) is 40.9. The first-order valence-electron chi connectivity index (χ1n) is 18.9. The van der Waals surface area contributed by atoms with Crippen molar-refractivity contribution in [1.29, 1.82) is 0 Å². The molecule has 0 spiro atoms. The third-order valence-electron chi connectivity index (χ3n) is 6.96. The lowest BCUT2D eigenvalue weighted by Gasteiger charge is -2.09. The van der Waals surface area contributed by atoms with Gasteiger partial charge in [0.25, 0.3) is 0 Å². The van der Waals surface area contributed by atoms with Crippen molar-refractivity contribution in [2.75, 3.05) is 159 Å². The van der Waals surface area contributed by atoms with E-state index >= 15 is 0 Å². The number of esters is 1. The summed E-state index contributed by atoms with van der Waals surface area (Å²) in [5.41, 5.74) is 0.615. The quantitative estimate of drug-likeness (QED) is 0.0541. The van der Waals surface area contributed by atoms with Crippen molar-refractivity contribution in [2.24, 2.45) is 0 Å². The third-order valence-corrected chi connectivity index (χ3v) is 6.96. The van der Waals surface area contributed by atoms with E-state index in [0.717, 1.165) is 32.0 Å². The van der Waals surface area contributed by atoms with Crippen molar-refractivity contribution >= 4 is 12.3 Å². The minimum atomic E-state index is -0.156. The molecule has 0 aliphatic heterocycles. The summed E-state index contributed by atoms with van der Waals surface area (Å²) in [4.78, 5) is 22.2. The minimum Gasteiger partial charge on any atom is -0.491 e. The Labute approximate surface area is 316 Å². The lowest BCUT2D eigenvalue weighted by molar-refractivity contribution is -0.145. The summed E-state index contributed by atoms with van der Waals surface area (Å²) < 4.78 is 70.8. The molecule has 0 fully saturated rings. The molecule has 1 rings (SSSR count). The van der Waals surface area contributed by atoms with Gasteiger partial charge in [0.15, 0.2) is 0 Å². The van der Waals surface area contributed by atoms with Crippen LogP contribution in [-0.2, 0) is 61.6 Å². The molecular formula is C38H66O15. The predicted molar refractivity (Wildman–Crippen MR) is 196 cm³/mol. The molecule has 0 aliphatic carbocycles. The highest BCUT2D eigenvalue weighted by molar-refractivity contribution is 5.74. The van der Waals surface area contributed by atoms with Crippen LogP contribution in [0, 0.1) is 0 Å². The normalized spacial score (nSPS) is 11.3. The number of benzene rings is 1. The summed E-state index contributed by atoms with van der Waals surface area (Å²) in [6.45, 7) is 13.3. The van der Waals surface area contributed by atoms with E-state index in [1.54, 1.807) is 24.3 Å². The molecule has 308 valence electrons. The average molecular weight is 763 g/mol. The Morgan fingerprint density at radius 2 is 0.755 bits per heavy atom. The van der Waals surface area contributed by atoms with E-state index in [-0.39, 0.29) is 12.6 Å². The molecule has 1 aromatic rings. The number of aldehydes is 1. The Morgan fingerprint density at radius 1 is 0.434 bits per heavy atom. The topological polar surface area (TPSA) is 154 Å². The maximum atomic E-state index is 11.6. The largest absolute Gasteiger partial charge is 0.491 e. The van der Waals surface area contributed by atoms with Crippen molar-refractivity contribution < 1.29 is 71.2 Å². The first-order valence-corrected chi connectivity index (χ1v) is 18.9. The van der Waals surface area contributed by atoms with Gasteiger partial charge in [-0.05, 0) is 30.7 Å². The van der Waals surface area contributed by atoms with E-state index in [1.807, 2.05) is 0 Å². The van der Waals surface area contributed by atoms with Gasteiger partial charge in [-0.25, -0.2) is 0 Å². The monoisotopic (exact) mass is 762 g/mol. The predicted octanol–water partition coefficient (Wildman–Crippen LogP) is 3.57. The third kappa shape index (κ3) is 36.5. The van der Waals surface area contributed by atoms with E-state index < -0.39 is 0 Å². The van der Waals surface area contributed by atoms with Crippen LogP contribution >= 0.6 is 0 Å². The van der Waals surface area contributed by atoms with Crippen LogP contribution in [0.2, 0.25) is 0 Å². The van der Waals surface area contributed by atoms with Crippen molar-refractivity contribution in [1.82, 2.24) is 0 Å². The number of rotatable bonds is 43. The zero-order valence-corrected chi connectivity index (χ0v) is 32.0. The van der Waals surface area contributed by atoms with E-state index in [1.165, 1.54) is 0 Å². The highest BCUT2D eigenvalue weighted by Gasteiger charge is 2.02. The molecule has 0 amide bonds. The van der Waals surface area contributed by atoms with Crippen LogP contribution in [0.15, 0.2) is 24.3 Å². The van der Waals surface area contributed by atoms with Crippen molar-refractivity contribution in [3.8, 4) is 5.75 Å². The Balaban J connectivity index is 1.63. The Bertz CT molecular complexity index is 906. The van der Waals surface area contributed by atoms with E-state index in [2.05, 4.69) is 6.92 Å². The molecule has 53 heavy (non-hydrogen) atoms. The summed E-state index contributed by atoms with van der Waals surface area (Å²) in [5.74, 6) is 0.544. The Hall–Kier alpha value is -2.28. The van der Waals surface area contributed by atoms with Crippen LogP contribution in [0.1, 0.15) is 49.4 Å². The zero-order valence-electron chi connectivity index (χ0n) is 32.0. The number of hydrogen-bond donors (Lipinski definition) is 0. The first-order chi connectivity index (χ1) is 26.3. The van der Waals surface area contributed by atoms with Crippen LogP contribution in [0.4, 0.5) is 0 Å². The molecule has 0 unspecified atom stereocenters. The van der Waals surface area contributed by atoms with Crippen LogP contribution in [0.25, 0.3) is 0 Å². The average Bonchev–Trinajstić information content (AvgIpc) is 3.18. The SMILES string of the molecule is CCCCCCC(=O)OCCOCCOCCOCCOCCOCCOCCOCCOCCOCCOCCOCCOc1ccc(C=O)cc1. The maximum absolute atomic E-state index is 11.6. The Morgan fingerprint density at radius 3 is 1.08 bits per heavy atom. The molecule has 15 nitrogen and oxygen atoms in total. The lowest BCUT2D eigenvalue weighted by Crippen LogP contribution is -2.16. The van der Waals surface area contributed by atoms with Gasteiger partial charge in [0.2, 0.25) is 0 Å². The van der Waals surface area contributed by atoms with E-state index in [4.69, 9.17) is 61.6 Å². The van der Waals surface area contributed by atoms with Crippen LogP contribution in [-0.4, -0.2) is 171 Å². The highest BCUT2D eigenvalue weighted by Crippen LogP contribution is 2.10. The van der Waals surface area contributed by atoms with Gasteiger partial charge in [-0.2, -0.15) is 0 Å². The first kappa shape index (κ1) is 48.7. The molecular weight excluding hydrogens is 696 g/mol. The Kier molecular flexibility index (Phi) is 37.6. The van der Waals surface area contributed by atoms with Crippen molar-refractivity contribution in [3.63, 3.8) is 0 Å². The molecule has 0 aromatic heterocycles. The number of unbranched alkanes of at least 4 members (excludes halogenated alkanes) is 3. The van der Waals surface area contributed by atoms with Crippen molar-refractivity contribution in [2.45, 2.75) is 39.0 Å². The van der Waals surface area contributed by atoms with Gasteiger partial charge >= 0.3 is 5.97 Å². The molecule has 0 bridgehead atoms. The van der Waals surface area contributed by atoms with Gasteiger partial charge in [-0.15, -0.1) is 0 Å². The van der Waals surface area contributed by atoms with E-state index in [9.17, 15) is 9.59 Å². The fourth-order valence-corrected chi connectivity index (χ4v) is 4.14. The number of carbonyl (C=O) groups excluding carboxylic acids is 2. The lowest BCUT2D eigenvalue weighted by atomic mass is 10.2. The molecule has 0 N–H and O–H groups in total. The second-order valence-electron chi connectivity index (χ2n) is 11.3. The summed E-state index contributed by atoms with van der Waals surface area (Å²) in [6.07, 6.45) is 5.54. The number of ether oxygens (including phenoxy) is 13.